The Hall–Kier alpha value is -1.37. The first-order chi connectivity index (χ1) is 6.10. The van der Waals surface area contributed by atoms with Crippen LogP contribution in [0.4, 0.5) is 8.78 Å². The van der Waals surface area contributed by atoms with Crippen molar-refractivity contribution in [1.29, 1.82) is 0 Å². The lowest BCUT2D eigenvalue weighted by atomic mass is 10.2. The van der Waals surface area contributed by atoms with Crippen molar-refractivity contribution in [3.05, 3.63) is 12.3 Å². The van der Waals surface area contributed by atoms with Gasteiger partial charge in [-0.25, -0.2) is 8.78 Å². The van der Waals surface area contributed by atoms with Gasteiger partial charge in [0.05, 0.1) is 6.20 Å². The maximum absolute atomic E-state index is 12.4. The third-order valence-corrected chi connectivity index (χ3v) is 1.36. The van der Waals surface area contributed by atoms with Crippen molar-refractivity contribution in [3.8, 4) is 0 Å². The summed E-state index contributed by atoms with van der Waals surface area (Å²) >= 11 is 0. The van der Waals surface area contributed by atoms with Crippen molar-refractivity contribution in [2.24, 2.45) is 16.0 Å². The van der Waals surface area contributed by atoms with Crippen LogP contribution >= 0.6 is 0 Å². The van der Waals surface area contributed by atoms with Crippen LogP contribution in [0.5, 0.6) is 0 Å². The summed E-state index contributed by atoms with van der Waals surface area (Å²) < 4.78 is 28.5. The highest BCUT2D eigenvalue weighted by Gasteiger charge is 2.40. The Balaban J connectivity index is 2.75. The number of nitrogens with zero attached hydrogens (tertiary/aromatic N) is 2. The highest BCUT2D eigenvalue weighted by molar-refractivity contribution is 5.85. The summed E-state index contributed by atoms with van der Waals surface area (Å²) in [6, 6.07) is 0. The minimum atomic E-state index is -2.24. The fourth-order valence-electron chi connectivity index (χ4n) is 0.766. The molecule has 1 aliphatic heterocycles. The molecule has 0 fully saturated rings. The van der Waals surface area contributed by atoms with E-state index < -0.39 is 24.7 Å². The largest absolute Gasteiger partial charge is 0.365 e. The number of primary amides is 1. The number of azo groups is 1. The van der Waals surface area contributed by atoms with Crippen LogP contribution in [0, 0.1) is 0 Å². The Morgan fingerprint density at radius 1 is 1.77 bits per heavy atom. The van der Waals surface area contributed by atoms with Crippen LogP contribution in [0.2, 0.25) is 0 Å². The third kappa shape index (κ3) is 1.86. The smallest absolute Gasteiger partial charge is 0.281 e. The van der Waals surface area contributed by atoms with Gasteiger partial charge in [-0.1, -0.05) is 0 Å². The minimum absolute atomic E-state index is 1.04. The lowest BCUT2D eigenvalue weighted by Crippen LogP contribution is -2.44. The summed E-state index contributed by atoms with van der Waals surface area (Å²) in [5.41, 5.74) is 2.90. The molecule has 1 rings (SSSR count). The molecule has 2 atom stereocenters. The monoisotopic (exact) mass is 191 g/mol. The summed E-state index contributed by atoms with van der Waals surface area (Å²) in [5.74, 6) is -1.04. The Bertz CT molecular complexity index is 255. The van der Waals surface area contributed by atoms with Gasteiger partial charge >= 0.3 is 0 Å². The molecular formula is C6H7F2N3O2. The summed E-state index contributed by atoms with van der Waals surface area (Å²) in [7, 11) is 0. The molecule has 2 N–H and O–H groups in total. The molecule has 13 heavy (non-hydrogen) atoms. The van der Waals surface area contributed by atoms with E-state index in [1.54, 1.807) is 0 Å². The molecule has 1 amide bonds. The molecule has 0 saturated carbocycles. The highest BCUT2D eigenvalue weighted by atomic mass is 19.2. The molecule has 0 aromatic carbocycles. The Labute approximate surface area is 72.3 Å². The minimum Gasteiger partial charge on any atom is -0.365 e. The van der Waals surface area contributed by atoms with Gasteiger partial charge in [-0.15, -0.1) is 5.11 Å². The molecule has 0 aromatic rings. The zero-order valence-electron chi connectivity index (χ0n) is 6.48. The number of nitrogens with two attached hydrogens (primary N) is 1. The molecule has 0 radical (unpaired) electrons. The van der Waals surface area contributed by atoms with Crippen LogP contribution in [0.3, 0.4) is 0 Å². The summed E-state index contributed by atoms with van der Waals surface area (Å²) in [6.07, 6.45) is -0.0676. The van der Waals surface area contributed by atoms with Crippen molar-refractivity contribution < 1.29 is 18.3 Å². The van der Waals surface area contributed by atoms with Gasteiger partial charge in [-0.2, -0.15) is 5.11 Å². The van der Waals surface area contributed by atoms with Gasteiger partial charge in [0.15, 0.2) is 0 Å². The average molecular weight is 191 g/mol. The number of hydrogen-bond donors (Lipinski definition) is 1. The maximum atomic E-state index is 12.4. The fourth-order valence-corrected chi connectivity index (χ4v) is 0.766. The van der Waals surface area contributed by atoms with Gasteiger partial charge in [-0.3, -0.25) is 4.79 Å². The molecule has 0 saturated heterocycles. The number of rotatable bonds is 4. The third-order valence-electron chi connectivity index (χ3n) is 1.36. The Morgan fingerprint density at radius 2 is 2.46 bits per heavy atom. The molecule has 0 spiro atoms. The van der Waals surface area contributed by atoms with E-state index in [-0.39, 0.29) is 0 Å². The number of halogens is 2. The van der Waals surface area contributed by atoms with Gasteiger partial charge in [0.25, 0.3) is 11.6 Å². The van der Waals surface area contributed by atoms with Gasteiger partial charge in [-0.05, 0) is 0 Å². The summed E-state index contributed by atoms with van der Waals surface area (Å²) in [6.45, 7) is -1.38. The van der Waals surface area contributed by atoms with Crippen LogP contribution < -0.4 is 5.73 Å². The van der Waals surface area contributed by atoms with E-state index in [1.165, 1.54) is 0 Å². The van der Waals surface area contributed by atoms with Gasteiger partial charge in [0, 0.05) is 6.08 Å². The first-order valence-electron chi connectivity index (χ1n) is 3.38. The lowest BCUT2D eigenvalue weighted by molar-refractivity contribution is -0.159. The number of hydrogen-bond acceptors (Lipinski definition) is 4. The molecule has 1 heterocycles. The summed E-state index contributed by atoms with van der Waals surface area (Å²) in [4.78, 5) is 10.8. The molecule has 7 heteroatoms. The van der Waals surface area contributed by atoms with Gasteiger partial charge in [0.2, 0.25) is 6.36 Å². The van der Waals surface area contributed by atoms with Crippen molar-refractivity contribution in [1.82, 2.24) is 0 Å². The second-order valence-electron chi connectivity index (χ2n) is 2.27. The number of alkyl halides is 2. The van der Waals surface area contributed by atoms with Crippen molar-refractivity contribution >= 4 is 5.91 Å². The second-order valence-corrected chi connectivity index (χ2v) is 2.27. The predicted molar refractivity (Wildman–Crippen MR) is 37.9 cm³/mol. The van der Waals surface area contributed by atoms with E-state index in [4.69, 9.17) is 5.73 Å². The maximum Gasteiger partial charge on any atom is 0.281 e. The van der Waals surface area contributed by atoms with Crippen LogP contribution in [0.15, 0.2) is 22.5 Å². The van der Waals surface area contributed by atoms with E-state index >= 15 is 0 Å². The summed E-state index contributed by atoms with van der Waals surface area (Å²) in [5, 5.41) is 6.54. The van der Waals surface area contributed by atoms with Crippen LogP contribution in [0.1, 0.15) is 0 Å². The quantitative estimate of drug-likeness (QED) is 0.699. The molecular weight excluding hydrogens is 184 g/mol. The van der Waals surface area contributed by atoms with Gasteiger partial charge in [0.1, 0.15) is 6.67 Å². The average Bonchev–Trinajstić information content (AvgIpc) is 2.54. The SMILES string of the molecule is NC(=O)C1(OC(F)CF)C=CN=N1. The topological polar surface area (TPSA) is 77.0 Å². The van der Waals surface area contributed by atoms with E-state index in [2.05, 4.69) is 15.0 Å². The van der Waals surface area contributed by atoms with Crippen molar-refractivity contribution in [2.75, 3.05) is 6.67 Å². The molecule has 2 unspecified atom stereocenters. The van der Waals surface area contributed by atoms with E-state index in [1.807, 2.05) is 0 Å². The molecule has 1 aliphatic rings. The lowest BCUT2D eigenvalue weighted by Gasteiger charge is -2.19. The van der Waals surface area contributed by atoms with Crippen LogP contribution in [-0.2, 0) is 9.53 Å². The normalized spacial score (nSPS) is 27.8. The van der Waals surface area contributed by atoms with Gasteiger partial charge < -0.3 is 10.5 Å². The zero-order valence-corrected chi connectivity index (χ0v) is 6.48. The van der Waals surface area contributed by atoms with E-state index in [0.717, 1.165) is 12.3 Å². The molecule has 0 bridgehead atoms. The molecule has 0 aliphatic carbocycles. The zero-order chi connectivity index (χ0) is 9.90. The standard InChI is InChI=1S/C6H7F2N3O2/c7-3-4(8)13-6(5(9)12)1-2-10-11-6/h1-2,4H,3H2,(H2,9,12). The number of ether oxygens (including phenoxy) is 1. The van der Waals surface area contributed by atoms with E-state index in [9.17, 15) is 13.6 Å². The Morgan fingerprint density at radius 3 is 2.85 bits per heavy atom. The highest BCUT2D eigenvalue weighted by Crippen LogP contribution is 2.23. The molecule has 5 nitrogen and oxygen atoms in total. The van der Waals surface area contributed by atoms with Crippen molar-refractivity contribution in [2.45, 2.75) is 12.1 Å². The first kappa shape index (κ1) is 9.72. The Kier molecular flexibility index (Phi) is 2.66. The molecule has 72 valence electrons. The number of amides is 1. The number of carbonyl (C=O) groups is 1. The predicted octanol–water partition coefficient (Wildman–Crippen LogP) is 0.429. The first-order valence-corrected chi connectivity index (χ1v) is 3.38. The van der Waals surface area contributed by atoms with Crippen LogP contribution in [-0.4, -0.2) is 24.7 Å². The molecule has 0 aromatic heterocycles. The van der Waals surface area contributed by atoms with Crippen LogP contribution in [0.25, 0.3) is 0 Å². The second kappa shape index (κ2) is 3.56. The van der Waals surface area contributed by atoms with E-state index in [0.29, 0.717) is 0 Å². The fraction of sp³-hybridized carbons (Fsp3) is 0.500. The van der Waals surface area contributed by atoms with Crippen molar-refractivity contribution in [3.63, 3.8) is 0 Å². The number of carbonyl (C=O) groups excluding carboxylic acids is 1.